The SMILES string of the molecule is CCC(CC)(CCl)CNC(=O)C1CCCc2sccc21. The van der Waals surface area contributed by atoms with Crippen LogP contribution in [0.15, 0.2) is 11.4 Å². The number of carbonyl (C=O) groups is 1. The summed E-state index contributed by atoms with van der Waals surface area (Å²) in [5.41, 5.74) is 1.30. The largest absolute Gasteiger partial charge is 0.355 e. The highest BCUT2D eigenvalue weighted by molar-refractivity contribution is 7.10. The van der Waals surface area contributed by atoms with Gasteiger partial charge < -0.3 is 5.32 Å². The van der Waals surface area contributed by atoms with Crippen molar-refractivity contribution in [3.8, 4) is 0 Å². The summed E-state index contributed by atoms with van der Waals surface area (Å²) in [6.45, 7) is 4.99. The molecular weight excluding hydrogens is 290 g/mol. The fourth-order valence-corrected chi connectivity index (χ4v) is 4.35. The Labute approximate surface area is 130 Å². The van der Waals surface area contributed by atoms with Crippen molar-refractivity contribution in [2.75, 3.05) is 12.4 Å². The van der Waals surface area contributed by atoms with Gasteiger partial charge >= 0.3 is 0 Å². The number of fused-ring (bicyclic) bond motifs is 1. The summed E-state index contributed by atoms with van der Waals surface area (Å²) in [6, 6.07) is 2.12. The van der Waals surface area contributed by atoms with E-state index in [2.05, 4.69) is 30.6 Å². The van der Waals surface area contributed by atoms with Crippen molar-refractivity contribution >= 4 is 28.8 Å². The number of nitrogens with one attached hydrogen (secondary N) is 1. The maximum atomic E-state index is 12.5. The molecule has 1 aromatic heterocycles. The van der Waals surface area contributed by atoms with Crippen LogP contribution in [0.3, 0.4) is 0 Å². The normalized spacial score (nSPS) is 18.6. The van der Waals surface area contributed by atoms with Crippen molar-refractivity contribution in [1.29, 1.82) is 0 Å². The van der Waals surface area contributed by atoms with E-state index in [1.165, 1.54) is 10.4 Å². The van der Waals surface area contributed by atoms with Gasteiger partial charge in [0.1, 0.15) is 0 Å². The predicted molar refractivity (Wildman–Crippen MR) is 86.7 cm³/mol. The maximum absolute atomic E-state index is 12.5. The molecule has 0 fully saturated rings. The topological polar surface area (TPSA) is 29.1 Å². The van der Waals surface area contributed by atoms with Crippen molar-refractivity contribution in [3.05, 3.63) is 21.9 Å². The van der Waals surface area contributed by atoms with Crippen LogP contribution in [0.2, 0.25) is 0 Å². The molecule has 2 rings (SSSR count). The third kappa shape index (κ3) is 3.20. The summed E-state index contributed by atoms with van der Waals surface area (Å²) in [6.07, 6.45) is 5.23. The molecule has 0 spiro atoms. The van der Waals surface area contributed by atoms with Gasteiger partial charge in [-0.15, -0.1) is 22.9 Å². The standard InChI is InChI=1S/C16H24ClNOS/c1-3-16(4-2,10-17)11-18-15(19)13-6-5-7-14-12(13)8-9-20-14/h8-9,13H,3-7,10-11H2,1-2H3,(H,18,19). The predicted octanol–water partition coefficient (Wildman–Crippen LogP) is 4.33. The zero-order valence-corrected chi connectivity index (χ0v) is 13.9. The fraction of sp³-hybridized carbons (Fsp3) is 0.688. The van der Waals surface area contributed by atoms with Crippen LogP contribution in [0.1, 0.15) is 55.9 Å². The molecule has 0 aromatic carbocycles. The van der Waals surface area contributed by atoms with Crippen LogP contribution in [0.25, 0.3) is 0 Å². The molecule has 2 nitrogen and oxygen atoms in total. The first-order chi connectivity index (χ1) is 9.65. The highest BCUT2D eigenvalue weighted by Gasteiger charge is 2.30. The molecule has 0 radical (unpaired) electrons. The van der Waals surface area contributed by atoms with E-state index >= 15 is 0 Å². The van der Waals surface area contributed by atoms with Crippen LogP contribution in [-0.2, 0) is 11.2 Å². The number of thiophene rings is 1. The summed E-state index contributed by atoms with van der Waals surface area (Å²) < 4.78 is 0. The second-order valence-electron chi connectivity index (χ2n) is 5.80. The molecule has 1 aromatic rings. The van der Waals surface area contributed by atoms with Crippen LogP contribution < -0.4 is 5.32 Å². The molecule has 1 unspecified atom stereocenters. The van der Waals surface area contributed by atoms with Gasteiger partial charge in [-0.25, -0.2) is 0 Å². The molecule has 1 heterocycles. The minimum atomic E-state index is 0.0450. The average molecular weight is 314 g/mol. The fourth-order valence-electron chi connectivity index (χ4n) is 2.89. The Kier molecular flexibility index (Phi) is 5.50. The van der Waals surface area contributed by atoms with Crippen LogP contribution in [0.4, 0.5) is 0 Å². The second-order valence-corrected chi connectivity index (χ2v) is 7.07. The van der Waals surface area contributed by atoms with Crippen molar-refractivity contribution in [3.63, 3.8) is 0 Å². The van der Waals surface area contributed by atoms with E-state index in [0.717, 1.165) is 32.1 Å². The monoisotopic (exact) mass is 313 g/mol. The molecule has 1 aliphatic carbocycles. The van der Waals surface area contributed by atoms with Gasteiger partial charge in [0.15, 0.2) is 0 Å². The first-order valence-electron chi connectivity index (χ1n) is 7.55. The van der Waals surface area contributed by atoms with Crippen molar-refractivity contribution < 1.29 is 4.79 Å². The molecular formula is C16H24ClNOS. The maximum Gasteiger partial charge on any atom is 0.227 e. The van der Waals surface area contributed by atoms with Gasteiger partial charge in [-0.05, 0) is 49.1 Å². The van der Waals surface area contributed by atoms with E-state index in [9.17, 15) is 4.79 Å². The lowest BCUT2D eigenvalue weighted by Crippen LogP contribution is -2.40. The molecule has 4 heteroatoms. The van der Waals surface area contributed by atoms with Crippen LogP contribution in [0.5, 0.6) is 0 Å². The number of hydrogen-bond donors (Lipinski definition) is 1. The van der Waals surface area contributed by atoms with Gasteiger partial charge in [-0.3, -0.25) is 4.79 Å². The second kappa shape index (κ2) is 6.95. The van der Waals surface area contributed by atoms with Gasteiger partial charge in [0, 0.05) is 22.7 Å². The van der Waals surface area contributed by atoms with Gasteiger partial charge in [0.2, 0.25) is 5.91 Å². The van der Waals surface area contributed by atoms with Crippen LogP contribution >= 0.6 is 22.9 Å². The first-order valence-corrected chi connectivity index (χ1v) is 8.97. The van der Waals surface area contributed by atoms with E-state index < -0.39 is 0 Å². The van der Waals surface area contributed by atoms with Crippen molar-refractivity contribution in [2.24, 2.45) is 5.41 Å². The van der Waals surface area contributed by atoms with Crippen LogP contribution in [0, 0.1) is 5.41 Å². The highest BCUT2D eigenvalue weighted by atomic mass is 35.5. The molecule has 0 aliphatic heterocycles. The zero-order chi connectivity index (χ0) is 14.6. The Balaban J connectivity index is 2.00. The van der Waals surface area contributed by atoms with E-state index in [1.54, 1.807) is 11.3 Å². The molecule has 0 bridgehead atoms. The lowest BCUT2D eigenvalue weighted by Gasteiger charge is -2.31. The Morgan fingerprint density at radius 2 is 2.25 bits per heavy atom. The molecule has 20 heavy (non-hydrogen) atoms. The Morgan fingerprint density at radius 1 is 1.50 bits per heavy atom. The number of rotatable bonds is 6. The molecule has 0 saturated carbocycles. The number of aryl methyl sites for hydroxylation is 1. The van der Waals surface area contributed by atoms with Crippen LogP contribution in [-0.4, -0.2) is 18.3 Å². The number of amides is 1. The lowest BCUT2D eigenvalue weighted by molar-refractivity contribution is -0.123. The third-order valence-corrected chi connectivity index (χ3v) is 6.35. The van der Waals surface area contributed by atoms with Gasteiger partial charge in [-0.1, -0.05) is 13.8 Å². The molecule has 0 saturated heterocycles. The number of alkyl halides is 1. The Hall–Kier alpha value is -0.540. The summed E-state index contributed by atoms with van der Waals surface area (Å²) in [5, 5.41) is 5.27. The molecule has 1 amide bonds. The van der Waals surface area contributed by atoms with E-state index in [1.807, 2.05) is 0 Å². The number of carbonyl (C=O) groups excluding carboxylic acids is 1. The number of hydrogen-bond acceptors (Lipinski definition) is 2. The zero-order valence-electron chi connectivity index (χ0n) is 12.4. The Bertz CT molecular complexity index is 445. The minimum absolute atomic E-state index is 0.0450. The third-order valence-electron chi connectivity index (χ3n) is 4.79. The van der Waals surface area contributed by atoms with Crippen molar-refractivity contribution in [2.45, 2.75) is 51.9 Å². The molecule has 112 valence electrons. The number of halogens is 1. The Morgan fingerprint density at radius 3 is 2.90 bits per heavy atom. The summed E-state index contributed by atoms with van der Waals surface area (Å²) >= 11 is 7.89. The molecule has 1 atom stereocenters. The molecule has 1 aliphatic rings. The highest BCUT2D eigenvalue weighted by Crippen LogP contribution is 2.35. The summed E-state index contributed by atoms with van der Waals surface area (Å²) in [4.78, 5) is 13.9. The van der Waals surface area contributed by atoms with Gasteiger partial charge in [-0.2, -0.15) is 0 Å². The van der Waals surface area contributed by atoms with Crippen molar-refractivity contribution in [1.82, 2.24) is 5.32 Å². The summed E-state index contributed by atoms with van der Waals surface area (Å²) in [7, 11) is 0. The van der Waals surface area contributed by atoms with E-state index in [0.29, 0.717) is 12.4 Å². The first kappa shape index (κ1) is 15.8. The summed E-state index contributed by atoms with van der Waals surface area (Å²) in [5.74, 6) is 0.835. The van der Waals surface area contributed by atoms with E-state index in [4.69, 9.17) is 11.6 Å². The van der Waals surface area contributed by atoms with E-state index in [-0.39, 0.29) is 17.2 Å². The van der Waals surface area contributed by atoms with Gasteiger partial charge in [0.05, 0.1) is 5.92 Å². The molecule has 1 N–H and O–H groups in total. The average Bonchev–Trinajstić information content (AvgIpc) is 2.97. The smallest absolute Gasteiger partial charge is 0.227 e. The quantitative estimate of drug-likeness (QED) is 0.778. The lowest BCUT2D eigenvalue weighted by atomic mass is 9.83. The minimum Gasteiger partial charge on any atom is -0.355 e. The van der Waals surface area contributed by atoms with Gasteiger partial charge in [0.25, 0.3) is 0 Å².